The highest BCUT2D eigenvalue weighted by Crippen LogP contribution is 2.22. The molecule has 1 heterocycles. The number of esters is 1. The minimum Gasteiger partial charge on any atom is -0.458 e. The molecule has 0 saturated carbocycles. The number of ketones is 1. The number of carbonyl (C=O) groups is 4. The van der Waals surface area contributed by atoms with E-state index in [9.17, 15) is 19.2 Å². The van der Waals surface area contributed by atoms with E-state index in [2.05, 4.69) is 5.32 Å². The summed E-state index contributed by atoms with van der Waals surface area (Å²) in [5.74, 6) is -1.22. The van der Waals surface area contributed by atoms with E-state index in [0.29, 0.717) is 31.4 Å². The van der Waals surface area contributed by atoms with Gasteiger partial charge in [0.25, 0.3) is 5.91 Å². The van der Waals surface area contributed by atoms with Crippen LogP contribution in [0.5, 0.6) is 0 Å². The smallest absolute Gasteiger partial charge is 0.329 e. The Morgan fingerprint density at radius 1 is 0.971 bits per heavy atom. The molecule has 1 unspecified atom stereocenters. The Bertz CT molecular complexity index is 1030. The van der Waals surface area contributed by atoms with Crippen LogP contribution in [0.3, 0.4) is 0 Å². The van der Waals surface area contributed by atoms with Gasteiger partial charge in [0.15, 0.2) is 5.78 Å². The maximum atomic E-state index is 13.2. The van der Waals surface area contributed by atoms with Crippen molar-refractivity contribution in [2.24, 2.45) is 0 Å². The monoisotopic (exact) mass is 478 g/mol. The van der Waals surface area contributed by atoms with Gasteiger partial charge in [0.2, 0.25) is 5.91 Å². The minimum absolute atomic E-state index is 0.0232. The standard InChI is InChI=1S/C28H34N2O5/c1-28(2,3)35-27(34)23-15-10-18-30(23)25(32)17-16-24(31)22(19-20-11-6-4-7-12-20)29-26(33)21-13-8-5-9-14-21/h4-9,11-14,22-23H,10,15-19H2,1-3H3,(H,29,33)/t22?,23-/m0/s1. The molecule has 1 N–H and O–H groups in total. The van der Waals surface area contributed by atoms with Crippen molar-refractivity contribution in [3.05, 3.63) is 71.8 Å². The lowest BCUT2D eigenvalue weighted by Crippen LogP contribution is -2.45. The van der Waals surface area contributed by atoms with E-state index in [1.54, 1.807) is 45.0 Å². The van der Waals surface area contributed by atoms with E-state index < -0.39 is 23.7 Å². The number of hydrogen-bond acceptors (Lipinski definition) is 5. The van der Waals surface area contributed by atoms with E-state index in [-0.39, 0.29) is 30.4 Å². The molecule has 35 heavy (non-hydrogen) atoms. The predicted octanol–water partition coefficient (Wildman–Crippen LogP) is 3.71. The van der Waals surface area contributed by atoms with Crippen LogP contribution in [-0.4, -0.2) is 52.7 Å². The Morgan fingerprint density at radius 3 is 2.23 bits per heavy atom. The second-order valence-corrected chi connectivity index (χ2v) is 9.83. The summed E-state index contributed by atoms with van der Waals surface area (Å²) in [6, 6.07) is 16.8. The van der Waals surface area contributed by atoms with Crippen molar-refractivity contribution in [3.8, 4) is 0 Å². The van der Waals surface area contributed by atoms with Gasteiger partial charge in [-0.25, -0.2) is 4.79 Å². The molecule has 1 saturated heterocycles. The zero-order valence-electron chi connectivity index (χ0n) is 20.7. The topological polar surface area (TPSA) is 92.8 Å². The molecule has 0 aliphatic carbocycles. The van der Waals surface area contributed by atoms with Crippen LogP contribution >= 0.6 is 0 Å². The highest BCUT2D eigenvalue weighted by atomic mass is 16.6. The molecule has 0 aromatic heterocycles. The number of nitrogens with zero attached hydrogens (tertiary/aromatic N) is 1. The molecule has 7 nitrogen and oxygen atoms in total. The molecule has 2 aromatic rings. The van der Waals surface area contributed by atoms with Crippen molar-refractivity contribution in [3.63, 3.8) is 0 Å². The summed E-state index contributed by atoms with van der Waals surface area (Å²) in [5.41, 5.74) is 0.744. The second-order valence-electron chi connectivity index (χ2n) is 9.83. The Kier molecular flexibility index (Phi) is 8.79. The van der Waals surface area contributed by atoms with E-state index in [0.717, 1.165) is 5.56 Å². The third-order valence-electron chi connectivity index (χ3n) is 5.85. The summed E-state index contributed by atoms with van der Waals surface area (Å²) in [6.45, 7) is 5.85. The Labute approximate surface area is 206 Å². The maximum absolute atomic E-state index is 13.2. The molecule has 7 heteroatoms. The lowest BCUT2D eigenvalue weighted by Gasteiger charge is -2.27. The van der Waals surface area contributed by atoms with Crippen LogP contribution in [0.1, 0.15) is 62.4 Å². The van der Waals surface area contributed by atoms with Gasteiger partial charge in [-0.3, -0.25) is 14.4 Å². The zero-order chi connectivity index (χ0) is 25.4. The van der Waals surface area contributed by atoms with Crippen LogP contribution in [0.2, 0.25) is 0 Å². The predicted molar refractivity (Wildman–Crippen MR) is 133 cm³/mol. The van der Waals surface area contributed by atoms with Crippen LogP contribution in [0.15, 0.2) is 60.7 Å². The van der Waals surface area contributed by atoms with Crippen LogP contribution in [0, 0.1) is 0 Å². The largest absolute Gasteiger partial charge is 0.458 e. The molecule has 0 radical (unpaired) electrons. The number of benzene rings is 2. The molecule has 0 spiro atoms. The van der Waals surface area contributed by atoms with Crippen LogP contribution in [0.25, 0.3) is 0 Å². The van der Waals surface area contributed by atoms with E-state index >= 15 is 0 Å². The van der Waals surface area contributed by atoms with Crippen molar-refractivity contribution < 1.29 is 23.9 Å². The van der Waals surface area contributed by atoms with Crippen LogP contribution in [-0.2, 0) is 25.5 Å². The number of likely N-dealkylation sites (tertiary alicyclic amines) is 1. The van der Waals surface area contributed by atoms with Gasteiger partial charge in [-0.2, -0.15) is 0 Å². The molecular formula is C28H34N2O5. The molecular weight excluding hydrogens is 444 g/mol. The van der Waals surface area contributed by atoms with Gasteiger partial charge in [0.1, 0.15) is 11.6 Å². The Balaban J connectivity index is 1.64. The van der Waals surface area contributed by atoms with Crippen LogP contribution in [0.4, 0.5) is 0 Å². The number of rotatable bonds is 9. The molecule has 1 fully saturated rings. The van der Waals surface area contributed by atoms with E-state index in [1.807, 2.05) is 36.4 Å². The first-order chi connectivity index (χ1) is 16.6. The highest BCUT2D eigenvalue weighted by Gasteiger charge is 2.37. The minimum atomic E-state index is -0.766. The number of hydrogen-bond donors (Lipinski definition) is 1. The summed E-state index contributed by atoms with van der Waals surface area (Å²) in [4.78, 5) is 52.9. The highest BCUT2D eigenvalue weighted by molar-refractivity contribution is 5.98. The number of Topliss-reactive ketones (excluding diaryl/α,β-unsaturated/α-hetero) is 1. The fourth-order valence-electron chi connectivity index (χ4n) is 4.15. The normalized spacial score (nSPS) is 16.4. The maximum Gasteiger partial charge on any atom is 0.329 e. The molecule has 1 aliphatic rings. The molecule has 2 aromatic carbocycles. The zero-order valence-corrected chi connectivity index (χ0v) is 20.7. The summed E-state index contributed by atoms with van der Waals surface area (Å²) < 4.78 is 5.47. The van der Waals surface area contributed by atoms with Crippen molar-refractivity contribution in [1.29, 1.82) is 0 Å². The van der Waals surface area contributed by atoms with Crippen molar-refractivity contribution >= 4 is 23.6 Å². The van der Waals surface area contributed by atoms with Gasteiger partial charge in [0.05, 0.1) is 6.04 Å². The SMILES string of the molecule is CC(C)(C)OC(=O)[C@@H]1CCCN1C(=O)CCC(=O)C(Cc1ccccc1)NC(=O)c1ccccc1. The van der Waals surface area contributed by atoms with Gasteiger partial charge in [0, 0.05) is 24.9 Å². The number of ether oxygens (including phenoxy) is 1. The first kappa shape index (κ1) is 26.1. The van der Waals surface area contributed by atoms with Crippen molar-refractivity contribution in [2.75, 3.05) is 6.54 Å². The van der Waals surface area contributed by atoms with Crippen molar-refractivity contribution in [2.45, 2.75) is 70.6 Å². The van der Waals surface area contributed by atoms with Gasteiger partial charge in [-0.15, -0.1) is 0 Å². The summed E-state index contributed by atoms with van der Waals surface area (Å²) in [5, 5.41) is 2.84. The van der Waals surface area contributed by atoms with Gasteiger partial charge in [-0.1, -0.05) is 48.5 Å². The number of amides is 2. The molecule has 2 atom stereocenters. The Morgan fingerprint density at radius 2 is 1.60 bits per heavy atom. The van der Waals surface area contributed by atoms with Crippen LogP contribution < -0.4 is 5.32 Å². The quantitative estimate of drug-likeness (QED) is 0.555. The summed E-state index contributed by atoms with van der Waals surface area (Å²) >= 11 is 0. The first-order valence-corrected chi connectivity index (χ1v) is 12.1. The molecule has 1 aliphatic heterocycles. The van der Waals surface area contributed by atoms with Gasteiger partial charge >= 0.3 is 5.97 Å². The average molecular weight is 479 g/mol. The van der Waals surface area contributed by atoms with E-state index in [4.69, 9.17) is 4.74 Å². The third-order valence-corrected chi connectivity index (χ3v) is 5.85. The molecule has 3 rings (SSSR count). The fourth-order valence-corrected chi connectivity index (χ4v) is 4.15. The lowest BCUT2D eigenvalue weighted by atomic mass is 9.98. The molecule has 2 amide bonds. The number of carbonyl (C=O) groups excluding carboxylic acids is 4. The van der Waals surface area contributed by atoms with Gasteiger partial charge in [-0.05, 0) is 57.7 Å². The van der Waals surface area contributed by atoms with Gasteiger partial charge < -0.3 is 15.0 Å². The molecule has 186 valence electrons. The molecule has 0 bridgehead atoms. The third kappa shape index (κ3) is 7.77. The average Bonchev–Trinajstić information content (AvgIpc) is 3.32. The van der Waals surface area contributed by atoms with Crippen molar-refractivity contribution in [1.82, 2.24) is 10.2 Å². The first-order valence-electron chi connectivity index (χ1n) is 12.1. The van der Waals surface area contributed by atoms with E-state index in [1.165, 1.54) is 4.90 Å². The lowest BCUT2D eigenvalue weighted by molar-refractivity contribution is -0.163. The second kappa shape index (κ2) is 11.8. The number of nitrogens with one attached hydrogen (secondary N) is 1. The summed E-state index contributed by atoms with van der Waals surface area (Å²) in [7, 11) is 0. The fraction of sp³-hybridized carbons (Fsp3) is 0.429. The Hall–Kier alpha value is -3.48. The summed E-state index contributed by atoms with van der Waals surface area (Å²) in [6.07, 6.45) is 1.55.